The zero-order valence-corrected chi connectivity index (χ0v) is 8.87. The Balaban J connectivity index is 2.65. The van der Waals surface area contributed by atoms with E-state index in [1.165, 1.54) is 21.9 Å². The molecule has 2 aromatic carbocycles. The SMILES string of the molecule is Cc1cccc2c1oc1cccc(C)c12. The van der Waals surface area contributed by atoms with Gasteiger partial charge in [-0.25, -0.2) is 0 Å². The van der Waals surface area contributed by atoms with Crippen LogP contribution in [0.2, 0.25) is 0 Å². The van der Waals surface area contributed by atoms with Gasteiger partial charge in [-0.1, -0.05) is 30.3 Å². The number of para-hydroxylation sites is 1. The second-order valence-electron chi connectivity index (χ2n) is 4.00. The average Bonchev–Trinajstić information content (AvgIpc) is 2.59. The molecule has 0 radical (unpaired) electrons. The number of rotatable bonds is 0. The predicted molar refractivity (Wildman–Crippen MR) is 63.2 cm³/mol. The van der Waals surface area contributed by atoms with E-state index in [1.807, 2.05) is 12.1 Å². The maximum Gasteiger partial charge on any atom is 0.138 e. The summed E-state index contributed by atoms with van der Waals surface area (Å²) in [6, 6.07) is 12.5. The summed E-state index contributed by atoms with van der Waals surface area (Å²) >= 11 is 0. The Labute approximate surface area is 88.3 Å². The first-order valence-corrected chi connectivity index (χ1v) is 5.15. The van der Waals surface area contributed by atoms with Gasteiger partial charge in [-0.05, 0) is 31.0 Å². The fraction of sp³-hybridized carbons (Fsp3) is 0.143. The van der Waals surface area contributed by atoms with E-state index in [9.17, 15) is 0 Å². The minimum absolute atomic E-state index is 0.985. The Morgan fingerprint density at radius 2 is 1.60 bits per heavy atom. The van der Waals surface area contributed by atoms with Gasteiger partial charge in [0, 0.05) is 10.8 Å². The van der Waals surface area contributed by atoms with E-state index in [4.69, 9.17) is 4.42 Å². The molecule has 0 N–H and O–H groups in total. The summed E-state index contributed by atoms with van der Waals surface area (Å²) < 4.78 is 5.86. The smallest absolute Gasteiger partial charge is 0.138 e. The van der Waals surface area contributed by atoms with E-state index >= 15 is 0 Å². The number of aryl methyl sites for hydroxylation is 2. The first-order valence-electron chi connectivity index (χ1n) is 5.15. The standard InChI is InChI=1S/C14H12O/c1-9-5-4-8-12-13(9)11-7-3-6-10(2)14(11)15-12/h3-8H,1-2H3. The minimum Gasteiger partial charge on any atom is -0.456 e. The van der Waals surface area contributed by atoms with E-state index in [2.05, 4.69) is 38.1 Å². The Kier molecular flexibility index (Phi) is 1.63. The van der Waals surface area contributed by atoms with Crippen molar-refractivity contribution in [2.45, 2.75) is 13.8 Å². The average molecular weight is 196 g/mol. The van der Waals surface area contributed by atoms with E-state index < -0.39 is 0 Å². The molecule has 0 spiro atoms. The van der Waals surface area contributed by atoms with Crippen LogP contribution in [0.25, 0.3) is 21.9 Å². The first-order chi connectivity index (χ1) is 7.27. The summed E-state index contributed by atoms with van der Waals surface area (Å²) in [6.07, 6.45) is 0. The number of fused-ring (bicyclic) bond motifs is 3. The van der Waals surface area contributed by atoms with Crippen LogP contribution >= 0.6 is 0 Å². The predicted octanol–water partition coefficient (Wildman–Crippen LogP) is 4.20. The number of hydrogen-bond acceptors (Lipinski definition) is 1. The van der Waals surface area contributed by atoms with E-state index in [0.717, 1.165) is 11.2 Å². The minimum atomic E-state index is 0.985. The molecule has 0 aliphatic heterocycles. The summed E-state index contributed by atoms with van der Waals surface area (Å²) in [4.78, 5) is 0. The molecule has 0 aliphatic carbocycles. The maximum atomic E-state index is 5.86. The van der Waals surface area contributed by atoms with Gasteiger partial charge in [0.1, 0.15) is 11.2 Å². The van der Waals surface area contributed by atoms with Crippen molar-refractivity contribution in [2.75, 3.05) is 0 Å². The van der Waals surface area contributed by atoms with Crippen molar-refractivity contribution in [1.29, 1.82) is 0 Å². The summed E-state index contributed by atoms with van der Waals surface area (Å²) in [7, 11) is 0. The maximum absolute atomic E-state index is 5.86. The molecule has 0 saturated heterocycles. The quantitative estimate of drug-likeness (QED) is 0.525. The molecule has 0 amide bonds. The Bertz CT molecular complexity index is 647. The summed E-state index contributed by atoms with van der Waals surface area (Å²) in [5.41, 5.74) is 4.47. The number of hydrogen-bond donors (Lipinski definition) is 0. The molecule has 0 unspecified atom stereocenters. The van der Waals surface area contributed by atoms with Crippen molar-refractivity contribution in [1.82, 2.24) is 0 Å². The summed E-state index contributed by atoms with van der Waals surface area (Å²) in [6.45, 7) is 4.21. The normalized spacial score (nSPS) is 11.3. The summed E-state index contributed by atoms with van der Waals surface area (Å²) in [5.74, 6) is 0. The number of benzene rings is 2. The van der Waals surface area contributed by atoms with E-state index in [0.29, 0.717) is 0 Å². The van der Waals surface area contributed by atoms with Crippen LogP contribution in [0.15, 0.2) is 40.8 Å². The highest BCUT2D eigenvalue weighted by Gasteiger charge is 2.09. The van der Waals surface area contributed by atoms with Crippen molar-refractivity contribution < 1.29 is 4.42 Å². The van der Waals surface area contributed by atoms with Crippen LogP contribution in [-0.2, 0) is 0 Å². The van der Waals surface area contributed by atoms with Crippen LogP contribution in [0.3, 0.4) is 0 Å². The molecule has 15 heavy (non-hydrogen) atoms. The van der Waals surface area contributed by atoms with Gasteiger partial charge in [0.15, 0.2) is 0 Å². The van der Waals surface area contributed by atoms with E-state index in [-0.39, 0.29) is 0 Å². The molecule has 1 heterocycles. The van der Waals surface area contributed by atoms with Crippen molar-refractivity contribution in [3.63, 3.8) is 0 Å². The second-order valence-corrected chi connectivity index (χ2v) is 4.00. The highest BCUT2D eigenvalue weighted by molar-refractivity contribution is 6.07. The largest absolute Gasteiger partial charge is 0.456 e. The van der Waals surface area contributed by atoms with Gasteiger partial charge in [-0.15, -0.1) is 0 Å². The van der Waals surface area contributed by atoms with Crippen LogP contribution < -0.4 is 0 Å². The van der Waals surface area contributed by atoms with Gasteiger partial charge in [-0.2, -0.15) is 0 Å². The molecule has 0 saturated carbocycles. The molecule has 1 nitrogen and oxygen atoms in total. The molecule has 3 aromatic rings. The third kappa shape index (κ3) is 1.09. The summed E-state index contributed by atoms with van der Waals surface area (Å²) in [5, 5.41) is 2.47. The van der Waals surface area contributed by atoms with Gasteiger partial charge < -0.3 is 4.42 Å². The van der Waals surface area contributed by atoms with E-state index in [1.54, 1.807) is 0 Å². The van der Waals surface area contributed by atoms with Crippen LogP contribution in [0.4, 0.5) is 0 Å². The van der Waals surface area contributed by atoms with Crippen molar-refractivity contribution >= 4 is 21.9 Å². The molecular formula is C14H12O. The molecule has 0 fully saturated rings. The lowest BCUT2D eigenvalue weighted by molar-refractivity contribution is 0.665. The highest BCUT2D eigenvalue weighted by Crippen LogP contribution is 2.32. The lowest BCUT2D eigenvalue weighted by Gasteiger charge is -1.94. The molecule has 1 aromatic heterocycles. The molecule has 74 valence electrons. The fourth-order valence-corrected chi connectivity index (χ4v) is 2.17. The van der Waals surface area contributed by atoms with Crippen LogP contribution in [0.5, 0.6) is 0 Å². The van der Waals surface area contributed by atoms with Crippen molar-refractivity contribution in [3.05, 3.63) is 47.5 Å². The third-order valence-electron chi connectivity index (χ3n) is 2.93. The molecule has 3 rings (SSSR count). The molecular weight excluding hydrogens is 184 g/mol. The van der Waals surface area contributed by atoms with Crippen LogP contribution in [0, 0.1) is 13.8 Å². The lowest BCUT2D eigenvalue weighted by Crippen LogP contribution is -1.74. The fourth-order valence-electron chi connectivity index (χ4n) is 2.17. The Morgan fingerprint density at radius 1 is 0.867 bits per heavy atom. The van der Waals surface area contributed by atoms with Crippen molar-refractivity contribution in [3.8, 4) is 0 Å². The second kappa shape index (κ2) is 2.86. The zero-order valence-electron chi connectivity index (χ0n) is 8.87. The topological polar surface area (TPSA) is 13.1 Å². The number of furan rings is 1. The zero-order chi connectivity index (χ0) is 10.4. The molecule has 0 atom stereocenters. The van der Waals surface area contributed by atoms with Gasteiger partial charge in [0.25, 0.3) is 0 Å². The van der Waals surface area contributed by atoms with Crippen LogP contribution in [-0.4, -0.2) is 0 Å². The first kappa shape index (κ1) is 8.54. The molecule has 0 aliphatic rings. The van der Waals surface area contributed by atoms with Gasteiger partial charge in [0.2, 0.25) is 0 Å². The third-order valence-corrected chi connectivity index (χ3v) is 2.93. The Hall–Kier alpha value is -1.76. The highest BCUT2D eigenvalue weighted by atomic mass is 16.3. The molecule has 1 heteroatoms. The van der Waals surface area contributed by atoms with Crippen LogP contribution in [0.1, 0.15) is 11.1 Å². The van der Waals surface area contributed by atoms with Gasteiger partial charge in [0.05, 0.1) is 0 Å². The molecule has 0 bridgehead atoms. The lowest BCUT2D eigenvalue weighted by atomic mass is 10.1. The van der Waals surface area contributed by atoms with Gasteiger partial charge in [-0.3, -0.25) is 0 Å². The van der Waals surface area contributed by atoms with Gasteiger partial charge >= 0.3 is 0 Å². The monoisotopic (exact) mass is 196 g/mol. The van der Waals surface area contributed by atoms with Crippen molar-refractivity contribution in [2.24, 2.45) is 0 Å². The Morgan fingerprint density at radius 3 is 2.47 bits per heavy atom.